The molecule has 40 heavy (non-hydrogen) atoms. The second kappa shape index (κ2) is 9.91. The quantitative estimate of drug-likeness (QED) is 0.461. The highest BCUT2D eigenvalue weighted by atomic mass is 16.5. The zero-order chi connectivity index (χ0) is 28.2. The molecule has 210 valence electrons. The van der Waals surface area contributed by atoms with Crippen molar-refractivity contribution in [3.8, 4) is 5.75 Å². The van der Waals surface area contributed by atoms with E-state index in [0.29, 0.717) is 41.2 Å². The molecule has 3 aliphatic rings. The normalized spacial score (nSPS) is 23.6. The van der Waals surface area contributed by atoms with Crippen LogP contribution in [-0.2, 0) is 16.1 Å². The number of nitrogens with one attached hydrogen (secondary N) is 2. The van der Waals surface area contributed by atoms with Crippen molar-refractivity contribution >= 4 is 40.0 Å². The van der Waals surface area contributed by atoms with Crippen LogP contribution >= 0.6 is 0 Å². The standard InChI is InChI=1S/C30H36N6O4/c1-17-8-9-18(2)32-28(17)33-29(39)22-14-30(4)15-24(30)36(22)25(38)16-35-27-21(26(34-35)19(3)37)12-20-13-23(27)40-11-7-5-6-10-31-20/h8-9,12-13,22,24,31H,5-7,10-11,14-16H2,1-4H3,(H,32,33,39)/t22-,24+,30-/m0/s1. The number of ketones is 1. The van der Waals surface area contributed by atoms with E-state index in [1.807, 2.05) is 38.1 Å². The molecule has 10 nitrogen and oxygen atoms in total. The molecule has 0 radical (unpaired) electrons. The van der Waals surface area contributed by atoms with Crippen molar-refractivity contribution in [3.63, 3.8) is 0 Å². The van der Waals surface area contributed by atoms with Crippen LogP contribution in [0.15, 0.2) is 24.3 Å². The lowest BCUT2D eigenvalue weighted by molar-refractivity contribution is -0.138. The molecule has 3 aromatic rings. The van der Waals surface area contributed by atoms with Crippen LogP contribution in [-0.4, -0.2) is 62.5 Å². The van der Waals surface area contributed by atoms with Gasteiger partial charge in [0, 0.05) is 42.3 Å². The molecule has 6 rings (SSSR count). The summed E-state index contributed by atoms with van der Waals surface area (Å²) in [5.41, 5.74) is 3.40. The topological polar surface area (TPSA) is 118 Å². The Labute approximate surface area is 233 Å². The molecule has 10 heteroatoms. The van der Waals surface area contributed by atoms with E-state index < -0.39 is 6.04 Å². The van der Waals surface area contributed by atoms with Gasteiger partial charge in [0.05, 0.1) is 6.61 Å². The number of nitrogens with zero attached hydrogens (tertiary/aromatic N) is 4. The average molecular weight is 545 g/mol. The van der Waals surface area contributed by atoms with Gasteiger partial charge < -0.3 is 20.3 Å². The molecule has 0 unspecified atom stereocenters. The van der Waals surface area contributed by atoms with Crippen molar-refractivity contribution in [2.75, 3.05) is 23.8 Å². The largest absolute Gasteiger partial charge is 0.491 e. The molecule has 1 aliphatic carbocycles. The first-order valence-corrected chi connectivity index (χ1v) is 14.1. The first kappa shape index (κ1) is 26.3. The molecule has 2 aliphatic heterocycles. The van der Waals surface area contributed by atoms with E-state index >= 15 is 0 Å². The minimum Gasteiger partial charge on any atom is -0.491 e. The lowest BCUT2D eigenvalue weighted by atomic mass is 10.0. The number of amides is 2. The first-order valence-electron chi connectivity index (χ1n) is 14.1. The van der Waals surface area contributed by atoms with Crippen molar-refractivity contribution in [3.05, 3.63) is 41.2 Å². The van der Waals surface area contributed by atoms with E-state index in [4.69, 9.17) is 4.74 Å². The molecule has 2 amide bonds. The van der Waals surface area contributed by atoms with E-state index in [1.54, 1.807) is 9.58 Å². The SMILES string of the molecule is CC(=O)c1nn(CC(=O)N2[C@H](C(=O)Nc3nc(C)ccc3C)C[C@@]3(C)C[C@@H]23)c2c3cc(cc12)NCCCCCO3. The lowest BCUT2D eigenvalue weighted by Crippen LogP contribution is -2.47. The molecule has 3 atom stereocenters. The number of piperidine rings is 1. The van der Waals surface area contributed by atoms with E-state index in [0.717, 1.165) is 49.2 Å². The number of carbonyl (C=O) groups excluding carboxylic acids is 3. The molecular weight excluding hydrogens is 508 g/mol. The Morgan fingerprint density at radius 1 is 1.15 bits per heavy atom. The Hall–Kier alpha value is -3.95. The number of fused-ring (bicyclic) bond motifs is 5. The van der Waals surface area contributed by atoms with Crippen molar-refractivity contribution in [1.29, 1.82) is 0 Å². The van der Waals surface area contributed by atoms with Gasteiger partial charge >= 0.3 is 0 Å². The van der Waals surface area contributed by atoms with E-state index in [1.165, 1.54) is 6.92 Å². The number of benzene rings is 1. The van der Waals surface area contributed by atoms with E-state index in [9.17, 15) is 14.4 Å². The zero-order valence-electron chi connectivity index (χ0n) is 23.5. The van der Waals surface area contributed by atoms with Gasteiger partial charge in [-0.3, -0.25) is 19.1 Å². The summed E-state index contributed by atoms with van der Waals surface area (Å²) in [6, 6.07) is 7.06. The molecule has 1 aromatic carbocycles. The van der Waals surface area contributed by atoms with Crippen molar-refractivity contribution < 1.29 is 19.1 Å². The number of rotatable bonds is 5. The predicted molar refractivity (Wildman–Crippen MR) is 152 cm³/mol. The van der Waals surface area contributed by atoms with Gasteiger partial charge in [-0.25, -0.2) is 4.98 Å². The van der Waals surface area contributed by atoms with Crippen molar-refractivity contribution in [2.24, 2.45) is 5.41 Å². The number of hydrogen-bond donors (Lipinski definition) is 2. The maximum absolute atomic E-state index is 13.9. The molecule has 1 saturated carbocycles. The van der Waals surface area contributed by atoms with Gasteiger partial charge in [-0.2, -0.15) is 5.10 Å². The number of carbonyl (C=O) groups is 3. The van der Waals surface area contributed by atoms with Gasteiger partial charge in [0.1, 0.15) is 35.4 Å². The van der Waals surface area contributed by atoms with Crippen molar-refractivity contribution in [1.82, 2.24) is 19.7 Å². The fraction of sp³-hybridized carbons (Fsp3) is 0.500. The summed E-state index contributed by atoms with van der Waals surface area (Å²) in [5, 5.41) is 11.6. The highest BCUT2D eigenvalue weighted by molar-refractivity contribution is 6.07. The van der Waals surface area contributed by atoms with Crippen molar-refractivity contribution in [2.45, 2.75) is 78.4 Å². The molecule has 2 bridgehead atoms. The van der Waals surface area contributed by atoms with Crippen LogP contribution < -0.4 is 15.4 Å². The van der Waals surface area contributed by atoms with Crippen LogP contribution in [0.2, 0.25) is 0 Å². The van der Waals surface area contributed by atoms with Crippen LogP contribution in [0.1, 0.15) is 67.7 Å². The Kier molecular flexibility index (Phi) is 6.51. The summed E-state index contributed by atoms with van der Waals surface area (Å²) in [7, 11) is 0. The van der Waals surface area contributed by atoms with Gasteiger partial charge in [-0.05, 0) is 69.1 Å². The summed E-state index contributed by atoms with van der Waals surface area (Å²) in [4.78, 5) is 46.2. The summed E-state index contributed by atoms with van der Waals surface area (Å²) in [5.74, 6) is 0.510. The van der Waals surface area contributed by atoms with Crippen LogP contribution in [0.25, 0.3) is 10.9 Å². The number of hydrogen-bond acceptors (Lipinski definition) is 7. The second-order valence-electron chi connectivity index (χ2n) is 11.8. The number of pyridine rings is 1. The van der Waals surface area contributed by atoms with Gasteiger partial charge in [0.2, 0.25) is 11.8 Å². The third-order valence-corrected chi connectivity index (χ3v) is 8.54. The predicted octanol–water partition coefficient (Wildman–Crippen LogP) is 4.24. The minimum absolute atomic E-state index is 0.000742. The second-order valence-corrected chi connectivity index (χ2v) is 11.8. The Bertz CT molecular complexity index is 1530. The van der Waals surface area contributed by atoms with Crippen LogP contribution in [0, 0.1) is 19.3 Å². The summed E-state index contributed by atoms with van der Waals surface area (Å²) in [6.07, 6.45) is 4.47. The average Bonchev–Trinajstić information content (AvgIpc) is 3.27. The van der Waals surface area contributed by atoms with E-state index in [-0.39, 0.29) is 35.6 Å². The zero-order valence-corrected chi connectivity index (χ0v) is 23.5. The highest BCUT2D eigenvalue weighted by Gasteiger charge is 2.64. The fourth-order valence-corrected chi connectivity index (χ4v) is 6.21. The maximum Gasteiger partial charge on any atom is 0.248 e. The summed E-state index contributed by atoms with van der Waals surface area (Å²) in [6.45, 7) is 8.68. The number of ether oxygens (including phenoxy) is 1. The van der Waals surface area contributed by atoms with Gasteiger partial charge in [-0.15, -0.1) is 0 Å². The third-order valence-electron chi connectivity index (χ3n) is 8.54. The van der Waals surface area contributed by atoms with Gasteiger partial charge in [0.25, 0.3) is 0 Å². The fourth-order valence-electron chi connectivity index (χ4n) is 6.21. The molecule has 2 fully saturated rings. The molecule has 1 saturated heterocycles. The number of aryl methyl sites for hydroxylation is 2. The molecule has 2 N–H and O–H groups in total. The third kappa shape index (κ3) is 4.69. The Morgan fingerprint density at radius 2 is 1.98 bits per heavy atom. The number of aromatic nitrogens is 3. The maximum atomic E-state index is 13.9. The number of Topliss-reactive ketones (excluding diaryl/α,β-unsaturated/α-hetero) is 1. The molecular formula is C30H36N6O4. The Morgan fingerprint density at radius 3 is 2.77 bits per heavy atom. The van der Waals surface area contributed by atoms with Crippen LogP contribution in [0.3, 0.4) is 0 Å². The molecule has 4 heterocycles. The summed E-state index contributed by atoms with van der Waals surface area (Å²) >= 11 is 0. The minimum atomic E-state index is -0.601. The molecule has 2 aromatic heterocycles. The smallest absolute Gasteiger partial charge is 0.248 e. The highest BCUT2D eigenvalue weighted by Crippen LogP contribution is 2.59. The van der Waals surface area contributed by atoms with Gasteiger partial charge in [0.15, 0.2) is 5.78 Å². The summed E-state index contributed by atoms with van der Waals surface area (Å²) < 4.78 is 7.74. The Balaban J connectivity index is 1.32. The monoisotopic (exact) mass is 544 g/mol. The van der Waals surface area contributed by atoms with Gasteiger partial charge in [-0.1, -0.05) is 13.0 Å². The first-order chi connectivity index (χ1) is 19.1. The number of anilines is 2. The molecule has 0 spiro atoms. The number of likely N-dealkylation sites (tertiary alicyclic amines) is 1. The lowest BCUT2D eigenvalue weighted by Gasteiger charge is -2.27. The van der Waals surface area contributed by atoms with E-state index in [2.05, 4.69) is 27.6 Å². The van der Waals surface area contributed by atoms with Crippen LogP contribution in [0.4, 0.5) is 11.5 Å². The van der Waals surface area contributed by atoms with Crippen LogP contribution in [0.5, 0.6) is 5.75 Å².